The zero-order valence-electron chi connectivity index (χ0n) is 10.1. The van der Waals surface area contributed by atoms with Gasteiger partial charge in [-0.15, -0.1) is 0 Å². The molecule has 1 saturated heterocycles. The van der Waals surface area contributed by atoms with Gasteiger partial charge < -0.3 is 9.90 Å². The van der Waals surface area contributed by atoms with Crippen LogP contribution in [0.4, 0.5) is 0 Å². The molecule has 1 aromatic carbocycles. The van der Waals surface area contributed by atoms with Gasteiger partial charge in [0.1, 0.15) is 0 Å². The molecule has 18 heavy (non-hydrogen) atoms. The van der Waals surface area contributed by atoms with Crippen molar-refractivity contribution in [3.8, 4) is 0 Å². The zero-order chi connectivity index (χ0) is 12.4. The van der Waals surface area contributed by atoms with E-state index < -0.39 is 12.0 Å². The average molecular weight is 276 g/mol. The Labute approximate surface area is 132 Å². The third kappa shape index (κ3) is 4.07. The minimum atomic E-state index is -1.19. The minimum absolute atomic E-state index is 0. The van der Waals surface area contributed by atoms with Crippen molar-refractivity contribution in [2.45, 2.75) is 12.5 Å². The molecule has 1 aliphatic heterocycles. The number of carbonyl (C=O) groups is 2. The molecular formula is C12H11ClNNaO3. The van der Waals surface area contributed by atoms with Gasteiger partial charge in [-0.25, -0.2) is 0 Å². The van der Waals surface area contributed by atoms with Crippen LogP contribution in [0, 0.1) is 0 Å². The Morgan fingerprint density at radius 2 is 1.83 bits per heavy atom. The number of ketones is 1. The molecule has 1 atom stereocenters. The van der Waals surface area contributed by atoms with E-state index in [1.165, 1.54) is 0 Å². The maximum absolute atomic E-state index is 11.8. The normalized spacial score (nSPS) is 15.6. The number of hydrogen-bond donors (Lipinski definition) is 0. The fraction of sp³-hybridized carbons (Fsp3) is 0.333. The molecule has 0 N–H and O–H groups in total. The first kappa shape index (κ1) is 15.7. The molecule has 1 unspecified atom stereocenters. The molecule has 1 fully saturated rings. The first-order chi connectivity index (χ1) is 8.08. The molecule has 0 spiro atoms. The molecule has 4 nitrogen and oxygen atoms in total. The summed E-state index contributed by atoms with van der Waals surface area (Å²) in [5, 5.41) is 11.4. The molecule has 0 aromatic heterocycles. The van der Waals surface area contributed by atoms with Crippen molar-refractivity contribution in [1.29, 1.82) is 0 Å². The van der Waals surface area contributed by atoms with Crippen LogP contribution >= 0.6 is 11.6 Å². The van der Waals surface area contributed by atoms with E-state index in [9.17, 15) is 14.7 Å². The molecule has 1 aromatic rings. The maximum atomic E-state index is 11.8. The molecule has 0 saturated carbocycles. The third-order valence-corrected chi connectivity index (χ3v) is 2.99. The average Bonchev–Trinajstić information content (AvgIpc) is 3.10. The zero-order valence-corrected chi connectivity index (χ0v) is 12.8. The summed E-state index contributed by atoms with van der Waals surface area (Å²) in [4.78, 5) is 24.4. The first-order valence-electron chi connectivity index (χ1n) is 5.31. The second-order valence-electron chi connectivity index (χ2n) is 4.00. The van der Waals surface area contributed by atoms with Gasteiger partial charge in [0.15, 0.2) is 5.78 Å². The van der Waals surface area contributed by atoms with E-state index in [4.69, 9.17) is 11.6 Å². The molecule has 6 heteroatoms. The van der Waals surface area contributed by atoms with Crippen LogP contribution in [0.15, 0.2) is 24.3 Å². The van der Waals surface area contributed by atoms with E-state index in [0.29, 0.717) is 23.7 Å². The molecule has 2 rings (SSSR count). The summed E-state index contributed by atoms with van der Waals surface area (Å²) < 4.78 is 0. The van der Waals surface area contributed by atoms with Gasteiger partial charge in [0.05, 0.1) is 12.0 Å². The number of halogens is 1. The van der Waals surface area contributed by atoms with Crippen LogP contribution in [0.5, 0.6) is 0 Å². The van der Waals surface area contributed by atoms with Crippen molar-refractivity contribution in [2.24, 2.45) is 0 Å². The monoisotopic (exact) mass is 275 g/mol. The molecular weight excluding hydrogens is 265 g/mol. The number of benzene rings is 1. The van der Waals surface area contributed by atoms with Crippen LogP contribution in [0.3, 0.4) is 0 Å². The Morgan fingerprint density at radius 3 is 2.28 bits per heavy atom. The Morgan fingerprint density at radius 1 is 1.28 bits per heavy atom. The fourth-order valence-electron chi connectivity index (χ4n) is 1.66. The van der Waals surface area contributed by atoms with Crippen molar-refractivity contribution in [3.05, 3.63) is 34.9 Å². The Bertz CT molecular complexity index is 445. The van der Waals surface area contributed by atoms with Gasteiger partial charge in [0, 0.05) is 30.1 Å². The molecule has 1 aliphatic rings. The van der Waals surface area contributed by atoms with Gasteiger partial charge in [0.2, 0.25) is 0 Å². The molecule has 90 valence electrons. The fourth-order valence-corrected chi connectivity index (χ4v) is 1.79. The SMILES string of the molecule is O=C(CC(C(=O)[O-])N1CC1)c1ccc(Cl)cc1.[Na+]. The maximum Gasteiger partial charge on any atom is 1.00 e. The molecule has 0 bridgehead atoms. The third-order valence-electron chi connectivity index (χ3n) is 2.74. The summed E-state index contributed by atoms with van der Waals surface area (Å²) in [5.41, 5.74) is 0.475. The smallest absolute Gasteiger partial charge is 0.548 e. The second-order valence-corrected chi connectivity index (χ2v) is 4.44. The Kier molecular flexibility index (Phi) is 5.82. The van der Waals surface area contributed by atoms with E-state index in [1.54, 1.807) is 29.2 Å². The summed E-state index contributed by atoms with van der Waals surface area (Å²) in [6.07, 6.45) is -0.0516. The van der Waals surface area contributed by atoms with E-state index >= 15 is 0 Å². The van der Waals surface area contributed by atoms with Crippen LogP contribution in [0.25, 0.3) is 0 Å². The van der Waals surface area contributed by atoms with Crippen molar-refractivity contribution in [1.82, 2.24) is 4.90 Å². The second kappa shape index (κ2) is 6.68. The summed E-state index contributed by atoms with van der Waals surface area (Å²) in [7, 11) is 0. The number of aliphatic carboxylic acids is 1. The quantitative estimate of drug-likeness (QED) is 0.335. The van der Waals surface area contributed by atoms with Crippen LogP contribution in [-0.4, -0.2) is 35.8 Å². The van der Waals surface area contributed by atoms with Crippen LogP contribution in [0.1, 0.15) is 16.8 Å². The van der Waals surface area contributed by atoms with Gasteiger partial charge in [-0.1, -0.05) is 11.6 Å². The molecule has 0 aliphatic carbocycles. The molecule has 0 amide bonds. The Balaban J connectivity index is 0.00000162. The van der Waals surface area contributed by atoms with Crippen molar-refractivity contribution in [3.63, 3.8) is 0 Å². The summed E-state index contributed by atoms with van der Waals surface area (Å²) >= 11 is 5.71. The minimum Gasteiger partial charge on any atom is -0.548 e. The summed E-state index contributed by atoms with van der Waals surface area (Å²) in [5.74, 6) is -1.40. The standard InChI is InChI=1S/C12H12ClNO3.Na/c13-9-3-1-8(2-4-9)11(15)7-10(12(16)17)14-5-6-14;/h1-4,10H,5-7H2,(H,16,17);/q;+1/p-1. The van der Waals surface area contributed by atoms with Crippen molar-refractivity contribution in [2.75, 3.05) is 13.1 Å². The van der Waals surface area contributed by atoms with E-state index in [1.807, 2.05) is 0 Å². The first-order valence-corrected chi connectivity index (χ1v) is 5.69. The van der Waals surface area contributed by atoms with E-state index in [-0.39, 0.29) is 41.8 Å². The number of nitrogens with zero attached hydrogens (tertiary/aromatic N) is 1. The van der Waals surface area contributed by atoms with Gasteiger partial charge in [-0.2, -0.15) is 0 Å². The van der Waals surface area contributed by atoms with Gasteiger partial charge in [0.25, 0.3) is 0 Å². The topological polar surface area (TPSA) is 60.2 Å². The molecule has 0 radical (unpaired) electrons. The summed E-state index contributed by atoms with van der Waals surface area (Å²) in [6.45, 7) is 1.43. The van der Waals surface area contributed by atoms with E-state index in [2.05, 4.69) is 0 Å². The number of Topliss-reactive ketones (excluding diaryl/α,β-unsaturated/α-hetero) is 1. The predicted molar refractivity (Wildman–Crippen MR) is 60.8 cm³/mol. The van der Waals surface area contributed by atoms with Gasteiger partial charge in [-0.05, 0) is 24.3 Å². The number of hydrogen-bond acceptors (Lipinski definition) is 4. The van der Waals surface area contributed by atoms with Gasteiger partial charge in [-0.3, -0.25) is 9.69 Å². The van der Waals surface area contributed by atoms with Crippen LogP contribution in [-0.2, 0) is 4.79 Å². The Hall–Kier alpha value is -0.390. The number of carbonyl (C=O) groups excluding carboxylic acids is 2. The number of carboxylic acid groups (broad SMARTS) is 1. The van der Waals surface area contributed by atoms with Crippen molar-refractivity contribution < 1.29 is 44.3 Å². The molecule has 1 heterocycles. The summed E-state index contributed by atoms with van der Waals surface area (Å²) in [6, 6.07) is 5.61. The largest absolute Gasteiger partial charge is 1.00 e. The van der Waals surface area contributed by atoms with Gasteiger partial charge >= 0.3 is 29.6 Å². The van der Waals surface area contributed by atoms with Crippen LogP contribution < -0.4 is 34.7 Å². The van der Waals surface area contributed by atoms with E-state index in [0.717, 1.165) is 0 Å². The number of rotatable bonds is 5. The predicted octanol–water partition coefficient (Wildman–Crippen LogP) is -2.65. The number of carboxylic acids is 1. The van der Waals surface area contributed by atoms with Crippen LogP contribution in [0.2, 0.25) is 5.02 Å². The van der Waals surface area contributed by atoms with Crippen molar-refractivity contribution >= 4 is 23.4 Å².